The van der Waals surface area contributed by atoms with Crippen LogP contribution in [-0.2, 0) is 0 Å². The van der Waals surface area contributed by atoms with E-state index in [9.17, 15) is 5.11 Å². The van der Waals surface area contributed by atoms with Crippen molar-refractivity contribution < 1.29 is 9.84 Å². The molecule has 0 saturated carbocycles. The van der Waals surface area contributed by atoms with Gasteiger partial charge in [0.25, 0.3) is 0 Å². The molecule has 28 heavy (non-hydrogen) atoms. The number of halogens is 1. The highest BCUT2D eigenvalue weighted by atomic mass is 35.5. The van der Waals surface area contributed by atoms with Gasteiger partial charge in [-0.1, -0.05) is 29.8 Å². The van der Waals surface area contributed by atoms with Crippen LogP contribution in [-0.4, -0.2) is 22.2 Å². The zero-order valence-corrected chi connectivity index (χ0v) is 15.9. The fourth-order valence-corrected chi connectivity index (χ4v) is 3.46. The molecule has 1 atom stereocenters. The predicted molar refractivity (Wildman–Crippen MR) is 111 cm³/mol. The van der Waals surface area contributed by atoms with Crippen molar-refractivity contribution in [1.82, 2.24) is 9.97 Å². The Hall–Kier alpha value is -3.31. The molecule has 4 aromatic rings. The van der Waals surface area contributed by atoms with Gasteiger partial charge in [0, 0.05) is 35.2 Å². The Morgan fingerprint density at radius 2 is 1.86 bits per heavy atom. The SMILES string of the molecule is COc1ccc(NC(c2ccncc2)c2ccc3cccnc3c2O)cc1Cl. The minimum atomic E-state index is -0.320. The van der Waals surface area contributed by atoms with E-state index in [4.69, 9.17) is 16.3 Å². The maximum atomic E-state index is 10.9. The average molecular weight is 392 g/mol. The van der Waals surface area contributed by atoms with Crippen LogP contribution in [0.5, 0.6) is 11.5 Å². The summed E-state index contributed by atoms with van der Waals surface area (Å²) < 4.78 is 5.23. The molecule has 0 aliphatic carbocycles. The van der Waals surface area contributed by atoms with E-state index in [1.165, 1.54) is 0 Å². The number of nitrogens with zero attached hydrogens (tertiary/aromatic N) is 2. The third-order valence-electron chi connectivity index (χ3n) is 4.59. The molecule has 2 heterocycles. The van der Waals surface area contributed by atoms with Crippen LogP contribution in [0.4, 0.5) is 5.69 Å². The number of anilines is 1. The Kier molecular flexibility index (Phi) is 5.00. The molecule has 2 aromatic heterocycles. The average Bonchev–Trinajstić information content (AvgIpc) is 2.74. The van der Waals surface area contributed by atoms with Crippen molar-refractivity contribution in [1.29, 1.82) is 0 Å². The lowest BCUT2D eigenvalue weighted by atomic mass is 9.96. The Labute approximate surface area is 167 Å². The number of hydrogen-bond donors (Lipinski definition) is 2. The van der Waals surface area contributed by atoms with Crippen LogP contribution in [0.25, 0.3) is 10.9 Å². The van der Waals surface area contributed by atoms with Gasteiger partial charge in [0.15, 0.2) is 0 Å². The number of phenols is 1. The first-order valence-corrected chi connectivity index (χ1v) is 9.12. The van der Waals surface area contributed by atoms with E-state index in [0.717, 1.165) is 16.6 Å². The van der Waals surface area contributed by atoms with Crippen molar-refractivity contribution in [2.75, 3.05) is 12.4 Å². The summed E-state index contributed by atoms with van der Waals surface area (Å²) in [5, 5.41) is 15.8. The van der Waals surface area contributed by atoms with E-state index < -0.39 is 0 Å². The second-order valence-electron chi connectivity index (χ2n) is 6.29. The number of phenolic OH excluding ortho intramolecular Hbond substituents is 1. The van der Waals surface area contributed by atoms with E-state index in [1.54, 1.807) is 37.8 Å². The van der Waals surface area contributed by atoms with Crippen LogP contribution < -0.4 is 10.1 Å². The summed E-state index contributed by atoms with van der Waals surface area (Å²) in [5.41, 5.74) is 3.03. The molecule has 0 bridgehead atoms. The second kappa shape index (κ2) is 7.74. The van der Waals surface area contributed by atoms with E-state index in [0.29, 0.717) is 21.9 Å². The lowest BCUT2D eigenvalue weighted by molar-refractivity contribution is 0.415. The maximum Gasteiger partial charge on any atom is 0.147 e. The van der Waals surface area contributed by atoms with Gasteiger partial charge in [-0.3, -0.25) is 9.97 Å². The van der Waals surface area contributed by atoms with Gasteiger partial charge in [-0.05, 0) is 42.0 Å². The van der Waals surface area contributed by atoms with Crippen LogP contribution in [0, 0.1) is 0 Å². The van der Waals surface area contributed by atoms with Gasteiger partial charge >= 0.3 is 0 Å². The van der Waals surface area contributed by atoms with Gasteiger partial charge in [0.1, 0.15) is 17.0 Å². The number of aromatic nitrogens is 2. The predicted octanol–water partition coefficient (Wildman–Crippen LogP) is 5.20. The van der Waals surface area contributed by atoms with Crippen molar-refractivity contribution >= 4 is 28.2 Å². The number of methoxy groups -OCH3 is 1. The van der Waals surface area contributed by atoms with Crippen LogP contribution in [0.3, 0.4) is 0 Å². The normalized spacial score (nSPS) is 11.9. The summed E-state index contributed by atoms with van der Waals surface area (Å²) in [5.74, 6) is 0.748. The van der Waals surface area contributed by atoms with Gasteiger partial charge in [0.05, 0.1) is 18.2 Å². The van der Waals surface area contributed by atoms with Gasteiger partial charge < -0.3 is 15.2 Å². The van der Waals surface area contributed by atoms with E-state index >= 15 is 0 Å². The smallest absolute Gasteiger partial charge is 0.147 e. The first-order valence-electron chi connectivity index (χ1n) is 8.74. The number of benzene rings is 2. The summed E-state index contributed by atoms with van der Waals surface area (Å²) in [6, 6.07) is 16.6. The Morgan fingerprint density at radius 1 is 1.04 bits per heavy atom. The molecule has 0 radical (unpaired) electrons. The number of fused-ring (bicyclic) bond motifs is 1. The maximum absolute atomic E-state index is 10.9. The highest BCUT2D eigenvalue weighted by Gasteiger charge is 2.20. The van der Waals surface area contributed by atoms with Crippen LogP contribution >= 0.6 is 11.6 Å². The van der Waals surface area contributed by atoms with Crippen molar-refractivity contribution in [3.8, 4) is 11.5 Å². The first-order chi connectivity index (χ1) is 13.7. The molecule has 0 amide bonds. The Balaban J connectivity index is 1.81. The van der Waals surface area contributed by atoms with E-state index in [-0.39, 0.29) is 11.8 Å². The second-order valence-corrected chi connectivity index (χ2v) is 6.69. The molecule has 6 heteroatoms. The van der Waals surface area contributed by atoms with Gasteiger partial charge in [-0.25, -0.2) is 0 Å². The lowest BCUT2D eigenvalue weighted by Crippen LogP contribution is -2.13. The van der Waals surface area contributed by atoms with Crippen molar-refractivity contribution in [3.63, 3.8) is 0 Å². The summed E-state index contributed by atoms with van der Waals surface area (Å²) >= 11 is 6.28. The third kappa shape index (κ3) is 3.44. The van der Waals surface area contributed by atoms with Crippen molar-refractivity contribution in [2.24, 2.45) is 0 Å². The topological polar surface area (TPSA) is 67.3 Å². The summed E-state index contributed by atoms with van der Waals surface area (Å²) in [7, 11) is 1.58. The Morgan fingerprint density at radius 3 is 2.61 bits per heavy atom. The van der Waals surface area contributed by atoms with Gasteiger partial charge in [0.2, 0.25) is 0 Å². The number of nitrogens with one attached hydrogen (secondary N) is 1. The fraction of sp³-hybridized carbons (Fsp3) is 0.0909. The summed E-state index contributed by atoms with van der Waals surface area (Å²) in [4.78, 5) is 8.43. The highest BCUT2D eigenvalue weighted by molar-refractivity contribution is 6.32. The number of rotatable bonds is 5. The molecule has 0 fully saturated rings. The zero-order valence-electron chi connectivity index (χ0n) is 15.1. The van der Waals surface area contributed by atoms with Crippen molar-refractivity contribution in [2.45, 2.75) is 6.04 Å². The minimum Gasteiger partial charge on any atom is -0.505 e. The monoisotopic (exact) mass is 391 g/mol. The molecular weight excluding hydrogens is 374 g/mol. The van der Waals surface area contributed by atoms with E-state index in [2.05, 4.69) is 15.3 Å². The zero-order chi connectivity index (χ0) is 19.5. The van der Waals surface area contributed by atoms with Crippen molar-refractivity contribution in [3.05, 3.63) is 89.3 Å². The van der Waals surface area contributed by atoms with Crippen LogP contribution in [0.1, 0.15) is 17.2 Å². The molecule has 0 saturated heterocycles. The lowest BCUT2D eigenvalue weighted by Gasteiger charge is -2.22. The summed E-state index contributed by atoms with van der Waals surface area (Å²) in [6.45, 7) is 0. The number of hydrogen-bond acceptors (Lipinski definition) is 5. The molecule has 2 aromatic carbocycles. The van der Waals surface area contributed by atoms with Gasteiger partial charge in [-0.15, -0.1) is 0 Å². The van der Waals surface area contributed by atoms with Crippen LogP contribution in [0.2, 0.25) is 5.02 Å². The number of aromatic hydroxyl groups is 1. The molecule has 0 aliphatic heterocycles. The minimum absolute atomic E-state index is 0.145. The molecular formula is C22H18ClN3O2. The standard InChI is InChI=1S/C22H18ClN3O2/c1-28-19-7-5-16(13-18(19)23)26-20(15-8-11-24-12-9-15)17-6-4-14-3-2-10-25-21(14)22(17)27/h2-13,20,26-27H,1H3. The number of pyridine rings is 2. The first kappa shape index (κ1) is 18.1. The fourth-order valence-electron chi connectivity index (χ4n) is 3.20. The largest absolute Gasteiger partial charge is 0.505 e. The quantitative estimate of drug-likeness (QED) is 0.489. The molecule has 5 nitrogen and oxygen atoms in total. The number of ether oxygens (including phenoxy) is 1. The Bertz CT molecular complexity index is 1120. The molecule has 140 valence electrons. The third-order valence-corrected chi connectivity index (χ3v) is 4.89. The summed E-state index contributed by atoms with van der Waals surface area (Å²) in [6.07, 6.45) is 5.12. The van der Waals surface area contributed by atoms with E-state index in [1.807, 2.05) is 42.5 Å². The highest BCUT2D eigenvalue weighted by Crippen LogP contribution is 2.37. The van der Waals surface area contributed by atoms with Crippen LogP contribution in [0.15, 0.2) is 73.2 Å². The molecule has 0 aliphatic rings. The van der Waals surface area contributed by atoms with Gasteiger partial charge in [-0.2, -0.15) is 0 Å². The molecule has 4 rings (SSSR count). The molecule has 1 unspecified atom stereocenters. The molecule has 0 spiro atoms. The molecule has 2 N–H and O–H groups in total.